The zero-order chi connectivity index (χ0) is 22.4. The van der Waals surface area contributed by atoms with E-state index in [4.69, 9.17) is 9.47 Å². The predicted octanol–water partition coefficient (Wildman–Crippen LogP) is 3.93. The molecule has 0 heterocycles. The molecule has 1 aliphatic rings. The molecule has 2 aromatic rings. The van der Waals surface area contributed by atoms with Gasteiger partial charge in [-0.25, -0.2) is 0 Å². The molecule has 0 spiro atoms. The maximum absolute atomic E-state index is 12.9. The minimum Gasteiger partial charge on any atom is -0.493 e. The minimum absolute atomic E-state index is 0.108. The van der Waals surface area contributed by atoms with Gasteiger partial charge in [-0.1, -0.05) is 31.4 Å². The van der Waals surface area contributed by atoms with Gasteiger partial charge in [0, 0.05) is 12.1 Å². The largest absolute Gasteiger partial charge is 0.493 e. The van der Waals surface area contributed by atoms with Crippen molar-refractivity contribution in [1.82, 2.24) is 5.32 Å². The van der Waals surface area contributed by atoms with Crippen molar-refractivity contribution in [3.8, 4) is 11.5 Å². The van der Waals surface area contributed by atoms with Gasteiger partial charge in [-0.2, -0.15) is 0 Å². The van der Waals surface area contributed by atoms with Crippen molar-refractivity contribution < 1.29 is 24.0 Å². The van der Waals surface area contributed by atoms with Gasteiger partial charge >= 0.3 is 0 Å². The first-order valence-corrected chi connectivity index (χ1v) is 10.1. The fraction of sp³-hybridized carbons (Fsp3) is 0.364. The standard InChI is InChI=1S/C22H25N3O6/c1-30-19-12-16(18(25(28)29)13-20(19)31-2)22(27)24-17-11-7-6-10-15(17)21(26)23-14-8-4-3-5-9-14/h6-7,10-14H,3-5,8-9H2,1-2H3,(H,23,26)(H,24,27). The Morgan fingerprint density at radius 1 is 0.968 bits per heavy atom. The number of hydrogen-bond donors (Lipinski definition) is 2. The summed E-state index contributed by atoms with van der Waals surface area (Å²) in [4.78, 5) is 36.6. The van der Waals surface area contributed by atoms with E-state index in [1.165, 1.54) is 26.7 Å². The van der Waals surface area contributed by atoms with Gasteiger partial charge in [0.15, 0.2) is 11.5 Å². The van der Waals surface area contributed by atoms with Gasteiger partial charge in [-0.3, -0.25) is 19.7 Å². The molecule has 0 aliphatic heterocycles. The number of rotatable bonds is 7. The number of carbonyl (C=O) groups is 2. The molecule has 3 rings (SSSR count). The Kier molecular flexibility index (Phi) is 7.07. The lowest BCUT2D eigenvalue weighted by molar-refractivity contribution is -0.385. The van der Waals surface area contributed by atoms with Crippen molar-refractivity contribution >= 4 is 23.2 Å². The number of nitro groups is 1. The molecule has 1 aliphatic carbocycles. The van der Waals surface area contributed by atoms with Crippen LogP contribution in [0.5, 0.6) is 11.5 Å². The first-order valence-electron chi connectivity index (χ1n) is 10.1. The zero-order valence-electron chi connectivity index (χ0n) is 17.5. The molecule has 0 saturated heterocycles. The van der Waals surface area contributed by atoms with E-state index in [1.54, 1.807) is 24.3 Å². The first-order chi connectivity index (χ1) is 14.9. The van der Waals surface area contributed by atoms with E-state index in [1.807, 2.05) is 0 Å². The fourth-order valence-electron chi connectivity index (χ4n) is 3.69. The molecule has 2 aromatic carbocycles. The summed E-state index contributed by atoms with van der Waals surface area (Å²) >= 11 is 0. The van der Waals surface area contributed by atoms with Crippen LogP contribution >= 0.6 is 0 Å². The Balaban J connectivity index is 1.87. The smallest absolute Gasteiger partial charge is 0.286 e. The number of para-hydroxylation sites is 1. The summed E-state index contributed by atoms with van der Waals surface area (Å²) in [5.74, 6) is -0.699. The van der Waals surface area contributed by atoms with Gasteiger partial charge in [0.2, 0.25) is 0 Å². The number of nitrogens with one attached hydrogen (secondary N) is 2. The third kappa shape index (κ3) is 5.11. The van der Waals surface area contributed by atoms with E-state index in [0.29, 0.717) is 5.56 Å². The van der Waals surface area contributed by atoms with Crippen molar-refractivity contribution in [2.45, 2.75) is 38.1 Å². The topological polar surface area (TPSA) is 120 Å². The van der Waals surface area contributed by atoms with Crippen LogP contribution in [0.4, 0.5) is 11.4 Å². The van der Waals surface area contributed by atoms with Crippen LogP contribution in [0.25, 0.3) is 0 Å². The minimum atomic E-state index is -0.731. The van der Waals surface area contributed by atoms with Gasteiger partial charge in [0.1, 0.15) is 5.56 Å². The van der Waals surface area contributed by atoms with Crippen LogP contribution in [0.1, 0.15) is 52.8 Å². The Labute approximate surface area is 179 Å². The molecule has 1 saturated carbocycles. The Morgan fingerprint density at radius 3 is 2.26 bits per heavy atom. The van der Waals surface area contributed by atoms with Crippen LogP contribution in [-0.2, 0) is 0 Å². The van der Waals surface area contributed by atoms with Gasteiger partial charge in [-0.15, -0.1) is 0 Å². The number of hydrogen-bond acceptors (Lipinski definition) is 6. The zero-order valence-corrected chi connectivity index (χ0v) is 17.5. The molecule has 0 bridgehead atoms. The van der Waals surface area contributed by atoms with Crippen LogP contribution < -0.4 is 20.1 Å². The molecule has 2 amide bonds. The number of carbonyl (C=O) groups excluding carboxylic acids is 2. The molecule has 9 nitrogen and oxygen atoms in total. The summed E-state index contributed by atoms with van der Waals surface area (Å²) in [5.41, 5.74) is -0.0705. The predicted molar refractivity (Wildman–Crippen MR) is 115 cm³/mol. The Bertz CT molecular complexity index is 985. The summed E-state index contributed by atoms with van der Waals surface area (Å²) in [5, 5.41) is 17.2. The van der Waals surface area contributed by atoms with Crippen LogP contribution in [0.3, 0.4) is 0 Å². The molecular weight excluding hydrogens is 402 g/mol. The average molecular weight is 427 g/mol. The van der Waals surface area contributed by atoms with Gasteiger partial charge in [0.05, 0.1) is 36.5 Å². The van der Waals surface area contributed by atoms with Crippen LogP contribution in [-0.4, -0.2) is 37.0 Å². The maximum atomic E-state index is 12.9. The molecule has 0 atom stereocenters. The lowest BCUT2D eigenvalue weighted by atomic mass is 9.95. The number of anilines is 1. The molecule has 31 heavy (non-hydrogen) atoms. The lowest BCUT2D eigenvalue weighted by Crippen LogP contribution is -2.36. The summed E-state index contributed by atoms with van der Waals surface area (Å²) in [6, 6.07) is 9.06. The van der Waals surface area contributed by atoms with Gasteiger partial charge in [-0.05, 0) is 25.0 Å². The number of amides is 2. The number of nitrogens with zero attached hydrogens (tertiary/aromatic N) is 1. The summed E-state index contributed by atoms with van der Waals surface area (Å²) < 4.78 is 10.3. The first kappa shape index (κ1) is 22.1. The second-order valence-electron chi connectivity index (χ2n) is 7.29. The molecule has 2 N–H and O–H groups in total. The normalized spacial score (nSPS) is 13.9. The van der Waals surface area contributed by atoms with Gasteiger partial charge < -0.3 is 20.1 Å². The highest BCUT2D eigenvalue weighted by Crippen LogP contribution is 2.35. The highest BCUT2D eigenvalue weighted by molar-refractivity contribution is 6.11. The molecule has 0 unspecified atom stereocenters. The maximum Gasteiger partial charge on any atom is 0.286 e. The number of benzene rings is 2. The Hall–Kier alpha value is -3.62. The van der Waals surface area contributed by atoms with Crippen molar-refractivity contribution in [1.29, 1.82) is 0 Å². The van der Waals surface area contributed by atoms with Gasteiger partial charge in [0.25, 0.3) is 17.5 Å². The monoisotopic (exact) mass is 427 g/mol. The molecule has 164 valence electrons. The Morgan fingerprint density at radius 2 is 1.61 bits per heavy atom. The van der Waals surface area contributed by atoms with Crippen LogP contribution in [0.15, 0.2) is 36.4 Å². The van der Waals surface area contributed by atoms with Crippen LogP contribution in [0, 0.1) is 10.1 Å². The SMILES string of the molecule is COc1cc(C(=O)Nc2ccccc2C(=O)NC2CCCCC2)c([N+](=O)[O-])cc1OC. The number of ether oxygens (including phenoxy) is 2. The second-order valence-corrected chi connectivity index (χ2v) is 7.29. The number of nitro benzene ring substituents is 1. The number of methoxy groups -OCH3 is 2. The molecule has 0 aromatic heterocycles. The molecule has 1 fully saturated rings. The van der Waals surface area contributed by atoms with E-state index in [9.17, 15) is 19.7 Å². The van der Waals surface area contributed by atoms with Crippen molar-refractivity contribution in [2.75, 3.05) is 19.5 Å². The van der Waals surface area contributed by atoms with E-state index in [2.05, 4.69) is 10.6 Å². The molecule has 9 heteroatoms. The summed E-state index contributed by atoms with van der Waals surface area (Å²) in [7, 11) is 2.72. The molecular formula is C22H25N3O6. The second kappa shape index (κ2) is 9.92. The van der Waals surface area contributed by atoms with E-state index < -0.39 is 16.5 Å². The van der Waals surface area contributed by atoms with Crippen molar-refractivity contribution in [2.24, 2.45) is 0 Å². The highest BCUT2D eigenvalue weighted by Gasteiger charge is 2.26. The third-order valence-corrected chi connectivity index (χ3v) is 5.30. The van der Waals surface area contributed by atoms with E-state index in [-0.39, 0.29) is 34.7 Å². The highest BCUT2D eigenvalue weighted by atomic mass is 16.6. The average Bonchev–Trinajstić information content (AvgIpc) is 2.78. The van der Waals surface area contributed by atoms with Crippen LogP contribution in [0.2, 0.25) is 0 Å². The fourth-order valence-corrected chi connectivity index (χ4v) is 3.69. The lowest BCUT2D eigenvalue weighted by Gasteiger charge is -2.23. The third-order valence-electron chi connectivity index (χ3n) is 5.30. The van der Waals surface area contributed by atoms with E-state index >= 15 is 0 Å². The van der Waals surface area contributed by atoms with Crippen molar-refractivity contribution in [3.05, 3.63) is 57.6 Å². The summed E-state index contributed by atoms with van der Waals surface area (Å²) in [6.45, 7) is 0. The summed E-state index contributed by atoms with van der Waals surface area (Å²) in [6.07, 6.45) is 5.18. The molecule has 0 radical (unpaired) electrons. The van der Waals surface area contributed by atoms with E-state index in [0.717, 1.165) is 31.7 Å². The quantitative estimate of drug-likeness (QED) is 0.510. The van der Waals surface area contributed by atoms with Crippen molar-refractivity contribution in [3.63, 3.8) is 0 Å².